The highest BCUT2D eigenvalue weighted by Crippen LogP contribution is 2.25. The van der Waals surface area contributed by atoms with Crippen molar-refractivity contribution >= 4 is 22.9 Å². The van der Waals surface area contributed by atoms with Gasteiger partial charge in [-0.2, -0.15) is 13.2 Å². The largest absolute Gasteiger partial charge is 0.490 e. The molecule has 1 aliphatic heterocycles. The average molecular weight is 528 g/mol. The topological polar surface area (TPSA) is 107 Å². The van der Waals surface area contributed by atoms with Crippen LogP contribution < -0.4 is 11.0 Å². The Morgan fingerprint density at radius 2 is 1.65 bits per heavy atom. The van der Waals surface area contributed by atoms with Crippen LogP contribution in [0, 0.1) is 11.6 Å². The van der Waals surface area contributed by atoms with Crippen LogP contribution in [0.3, 0.4) is 0 Å². The lowest BCUT2D eigenvalue weighted by Crippen LogP contribution is -2.45. The van der Waals surface area contributed by atoms with Crippen LogP contribution in [0.2, 0.25) is 0 Å². The summed E-state index contributed by atoms with van der Waals surface area (Å²) in [6.07, 6.45) is -3.55. The monoisotopic (exact) mass is 528 g/mol. The van der Waals surface area contributed by atoms with Gasteiger partial charge in [0.1, 0.15) is 11.6 Å². The van der Waals surface area contributed by atoms with Crippen LogP contribution in [0.1, 0.15) is 36.2 Å². The molecule has 0 saturated carbocycles. The Morgan fingerprint density at radius 1 is 1.08 bits per heavy atom. The molecule has 8 nitrogen and oxygen atoms in total. The zero-order valence-corrected chi connectivity index (χ0v) is 19.7. The van der Waals surface area contributed by atoms with E-state index in [-0.39, 0.29) is 35.3 Å². The molecule has 1 aromatic heterocycles. The highest BCUT2D eigenvalue weighted by atomic mass is 19.4. The van der Waals surface area contributed by atoms with E-state index in [0.717, 1.165) is 25.9 Å². The van der Waals surface area contributed by atoms with Gasteiger partial charge in [-0.15, -0.1) is 0 Å². The second kappa shape index (κ2) is 11.5. The van der Waals surface area contributed by atoms with Gasteiger partial charge in [0.2, 0.25) is 0 Å². The summed E-state index contributed by atoms with van der Waals surface area (Å²) in [6.45, 7) is 4.16. The highest BCUT2D eigenvalue weighted by Gasteiger charge is 2.38. The zero-order chi connectivity index (χ0) is 27.3. The Labute approximate surface area is 207 Å². The molecular weight excluding hydrogens is 503 g/mol. The number of aromatic nitrogens is 2. The fraction of sp³-hybridized carbons (Fsp3) is 0.375. The van der Waals surface area contributed by atoms with E-state index in [1.54, 1.807) is 10.6 Å². The van der Waals surface area contributed by atoms with E-state index >= 15 is 0 Å². The smallest absolute Gasteiger partial charge is 0.475 e. The summed E-state index contributed by atoms with van der Waals surface area (Å²) in [6, 6.07) is 9.71. The minimum absolute atomic E-state index is 0.00779. The minimum Gasteiger partial charge on any atom is -0.475 e. The van der Waals surface area contributed by atoms with E-state index in [9.17, 15) is 31.5 Å². The number of halogens is 5. The number of fused-ring (bicyclic) bond motifs is 1. The number of imidazole rings is 1. The maximum absolute atomic E-state index is 13.7. The molecule has 1 fully saturated rings. The van der Waals surface area contributed by atoms with Crippen molar-refractivity contribution in [3.8, 4) is 0 Å². The first-order chi connectivity index (χ1) is 17.3. The van der Waals surface area contributed by atoms with Crippen molar-refractivity contribution in [1.29, 1.82) is 0 Å². The summed E-state index contributed by atoms with van der Waals surface area (Å²) >= 11 is 0. The predicted molar refractivity (Wildman–Crippen MR) is 124 cm³/mol. The number of rotatable bonds is 5. The molecule has 1 saturated heterocycles. The quantitative estimate of drug-likeness (QED) is 0.438. The van der Waals surface area contributed by atoms with Crippen LogP contribution in [-0.2, 0) is 4.79 Å². The number of H-pyrrole nitrogens is 1. The van der Waals surface area contributed by atoms with E-state index in [2.05, 4.69) is 15.2 Å². The fourth-order valence-corrected chi connectivity index (χ4v) is 4.16. The molecule has 2 heterocycles. The minimum atomic E-state index is -5.08. The molecular formula is C24H25F5N4O4. The van der Waals surface area contributed by atoms with Crippen LogP contribution >= 0.6 is 0 Å². The summed E-state index contributed by atoms with van der Waals surface area (Å²) < 4.78 is 60.1. The molecule has 0 unspecified atom stereocenters. The van der Waals surface area contributed by atoms with Gasteiger partial charge in [0.05, 0.1) is 11.0 Å². The van der Waals surface area contributed by atoms with Crippen LogP contribution in [0.15, 0.2) is 47.3 Å². The van der Waals surface area contributed by atoms with Gasteiger partial charge in [-0.1, -0.05) is 0 Å². The number of carboxylic acid groups (broad SMARTS) is 1. The number of carboxylic acids is 1. The summed E-state index contributed by atoms with van der Waals surface area (Å²) in [4.78, 5) is 38.6. The number of aromatic amines is 1. The van der Waals surface area contributed by atoms with Crippen molar-refractivity contribution in [3.63, 3.8) is 0 Å². The standard InChI is InChI=1S/C22H24F2N4O2.C2HF3O2/c1-14(25-21(29)15-2-4-16(23)5-3-15)13-27-10-8-18(9-11-27)28-20-12-17(24)6-7-19(20)26-22(28)30;3-2(4,5)1(6)7/h2-7,12,14,18H,8-11,13H2,1H3,(H,25,29)(H,26,30);(H,6,7)/t14-;/m0./s1. The van der Waals surface area contributed by atoms with Gasteiger partial charge in [0.25, 0.3) is 5.91 Å². The summed E-state index contributed by atoms with van der Waals surface area (Å²) in [5, 5.41) is 10.1. The first-order valence-electron chi connectivity index (χ1n) is 11.3. The number of alkyl halides is 3. The normalized spacial score (nSPS) is 15.6. The first-order valence-corrected chi connectivity index (χ1v) is 11.3. The van der Waals surface area contributed by atoms with Gasteiger partial charge < -0.3 is 20.3 Å². The van der Waals surface area contributed by atoms with Gasteiger partial charge in [-0.3, -0.25) is 9.36 Å². The number of hydrogen-bond acceptors (Lipinski definition) is 4. The van der Waals surface area contributed by atoms with E-state index in [1.165, 1.54) is 36.4 Å². The molecule has 0 radical (unpaired) electrons. The lowest BCUT2D eigenvalue weighted by molar-refractivity contribution is -0.192. The Morgan fingerprint density at radius 3 is 2.22 bits per heavy atom. The van der Waals surface area contributed by atoms with E-state index < -0.39 is 12.1 Å². The average Bonchev–Trinajstić information content (AvgIpc) is 3.14. The molecule has 37 heavy (non-hydrogen) atoms. The molecule has 0 spiro atoms. The van der Waals surface area contributed by atoms with Crippen molar-refractivity contribution < 1.29 is 36.6 Å². The van der Waals surface area contributed by atoms with Crippen LogP contribution in [-0.4, -0.2) is 63.3 Å². The molecule has 4 rings (SSSR count). The van der Waals surface area contributed by atoms with Gasteiger partial charge >= 0.3 is 17.8 Å². The Balaban J connectivity index is 0.000000479. The van der Waals surface area contributed by atoms with Crippen molar-refractivity contribution in [1.82, 2.24) is 19.8 Å². The number of likely N-dealkylation sites (tertiary alicyclic amines) is 1. The summed E-state index contributed by atoms with van der Waals surface area (Å²) in [5.74, 6) is -3.73. The molecule has 1 aliphatic rings. The lowest BCUT2D eigenvalue weighted by Gasteiger charge is -2.34. The summed E-state index contributed by atoms with van der Waals surface area (Å²) in [7, 11) is 0. The third-order valence-electron chi connectivity index (χ3n) is 5.86. The molecule has 2 aromatic carbocycles. The number of benzene rings is 2. The molecule has 200 valence electrons. The molecule has 1 amide bonds. The number of hydrogen-bond donors (Lipinski definition) is 3. The van der Waals surface area contributed by atoms with Crippen molar-refractivity contribution in [2.75, 3.05) is 19.6 Å². The number of aliphatic carboxylic acids is 1. The maximum atomic E-state index is 13.7. The third kappa shape index (κ3) is 7.38. The first kappa shape index (κ1) is 27.8. The third-order valence-corrected chi connectivity index (χ3v) is 5.86. The Hall–Kier alpha value is -3.74. The maximum Gasteiger partial charge on any atom is 0.490 e. The van der Waals surface area contributed by atoms with Gasteiger partial charge in [0, 0.05) is 37.3 Å². The van der Waals surface area contributed by atoms with E-state index in [1.807, 2.05) is 6.92 Å². The van der Waals surface area contributed by atoms with E-state index in [4.69, 9.17) is 9.90 Å². The molecule has 3 N–H and O–H groups in total. The molecule has 13 heteroatoms. The Kier molecular flexibility index (Phi) is 8.69. The second-order valence-corrected chi connectivity index (χ2v) is 8.68. The predicted octanol–water partition coefficient (Wildman–Crippen LogP) is 3.70. The highest BCUT2D eigenvalue weighted by molar-refractivity contribution is 5.94. The van der Waals surface area contributed by atoms with Gasteiger partial charge in [0.15, 0.2) is 0 Å². The number of piperidine rings is 1. The fourth-order valence-electron chi connectivity index (χ4n) is 4.16. The van der Waals surface area contributed by atoms with Crippen LogP contribution in [0.5, 0.6) is 0 Å². The SMILES string of the molecule is C[C@@H](CN1CCC(n2c(=O)[nH]c3ccc(F)cc32)CC1)NC(=O)c1ccc(F)cc1.O=C(O)C(F)(F)F. The second-order valence-electron chi connectivity index (χ2n) is 8.68. The Bertz CT molecular complexity index is 1300. The van der Waals surface area contributed by atoms with Crippen LogP contribution in [0.4, 0.5) is 22.0 Å². The molecule has 0 aliphatic carbocycles. The van der Waals surface area contributed by atoms with Crippen molar-refractivity contribution in [2.24, 2.45) is 0 Å². The number of nitrogens with zero attached hydrogens (tertiary/aromatic N) is 2. The number of carbonyl (C=O) groups excluding carboxylic acids is 1. The van der Waals surface area contributed by atoms with E-state index in [0.29, 0.717) is 23.1 Å². The zero-order valence-electron chi connectivity index (χ0n) is 19.7. The van der Waals surface area contributed by atoms with Gasteiger partial charge in [-0.05, 0) is 62.2 Å². The van der Waals surface area contributed by atoms with Gasteiger partial charge in [-0.25, -0.2) is 18.4 Å². The molecule has 1 atom stereocenters. The summed E-state index contributed by atoms with van der Waals surface area (Å²) in [5.41, 5.74) is 1.45. The lowest BCUT2D eigenvalue weighted by atomic mass is 10.0. The molecule has 3 aromatic rings. The van der Waals surface area contributed by atoms with Crippen molar-refractivity contribution in [3.05, 3.63) is 70.1 Å². The van der Waals surface area contributed by atoms with Crippen molar-refractivity contribution in [2.45, 2.75) is 38.0 Å². The number of carbonyl (C=O) groups is 2. The molecule has 0 bridgehead atoms. The number of nitrogens with one attached hydrogen (secondary N) is 2. The van der Waals surface area contributed by atoms with Crippen LogP contribution in [0.25, 0.3) is 11.0 Å². The number of amides is 1.